The van der Waals surface area contributed by atoms with Crippen LogP contribution in [-0.2, 0) is 14.3 Å². The van der Waals surface area contributed by atoms with Crippen molar-refractivity contribution in [2.75, 3.05) is 7.11 Å². The number of ether oxygens (including phenoxy) is 2. The second kappa shape index (κ2) is 5.19. The summed E-state index contributed by atoms with van der Waals surface area (Å²) in [4.78, 5) is 11.1. The van der Waals surface area contributed by atoms with Crippen molar-refractivity contribution in [3.63, 3.8) is 0 Å². The van der Waals surface area contributed by atoms with E-state index in [0.29, 0.717) is 0 Å². The van der Waals surface area contributed by atoms with Crippen molar-refractivity contribution in [3.05, 3.63) is 24.0 Å². The predicted molar refractivity (Wildman–Crippen MR) is 62.8 cm³/mol. The zero-order valence-electron chi connectivity index (χ0n) is 10.4. The monoisotopic (exact) mass is 224 g/mol. The van der Waals surface area contributed by atoms with Gasteiger partial charge in [-0.15, -0.1) is 0 Å². The maximum Gasteiger partial charge on any atom is 0.330 e. The van der Waals surface area contributed by atoms with Crippen molar-refractivity contribution in [3.8, 4) is 0 Å². The number of carbonyl (C=O) groups excluding carboxylic acids is 1. The van der Waals surface area contributed by atoms with E-state index in [1.165, 1.54) is 13.2 Å². The van der Waals surface area contributed by atoms with Crippen molar-refractivity contribution in [1.29, 1.82) is 0 Å². The number of allylic oxidation sites excluding steroid dienone is 2. The molecule has 0 aliphatic carbocycles. The van der Waals surface area contributed by atoms with Gasteiger partial charge in [0, 0.05) is 11.5 Å². The molecule has 1 aliphatic heterocycles. The maximum absolute atomic E-state index is 11.1. The Morgan fingerprint density at radius 3 is 2.94 bits per heavy atom. The van der Waals surface area contributed by atoms with Crippen LogP contribution in [0.2, 0.25) is 0 Å². The van der Waals surface area contributed by atoms with Crippen LogP contribution >= 0.6 is 0 Å². The molecular weight excluding hydrogens is 204 g/mol. The SMILES string of the molecule is COC(=O)/C=C\C1OC(C)=CCCC1(C)C. The quantitative estimate of drug-likeness (QED) is 0.534. The standard InChI is InChI=1S/C13H20O3/c1-10-6-5-9-13(2,3)11(16-10)7-8-12(14)15-4/h6-8,11H,5,9H2,1-4H3/b8-7-. The minimum atomic E-state index is -0.342. The molecule has 1 aliphatic rings. The fourth-order valence-electron chi connectivity index (χ4n) is 1.73. The summed E-state index contributed by atoms with van der Waals surface area (Å²) in [6.45, 7) is 6.23. The summed E-state index contributed by atoms with van der Waals surface area (Å²) in [7, 11) is 1.37. The van der Waals surface area contributed by atoms with Gasteiger partial charge in [0.25, 0.3) is 0 Å². The normalized spacial score (nSPS) is 24.5. The third-order valence-electron chi connectivity index (χ3n) is 2.91. The summed E-state index contributed by atoms with van der Waals surface area (Å²) >= 11 is 0. The van der Waals surface area contributed by atoms with Gasteiger partial charge in [0.1, 0.15) is 6.10 Å². The van der Waals surface area contributed by atoms with Crippen molar-refractivity contribution < 1.29 is 14.3 Å². The summed E-state index contributed by atoms with van der Waals surface area (Å²) in [5.41, 5.74) is 0.0266. The number of methoxy groups -OCH3 is 1. The van der Waals surface area contributed by atoms with Crippen LogP contribution in [-0.4, -0.2) is 19.2 Å². The first kappa shape index (κ1) is 12.8. The van der Waals surface area contributed by atoms with E-state index >= 15 is 0 Å². The molecular formula is C13H20O3. The number of hydrogen-bond donors (Lipinski definition) is 0. The van der Waals surface area contributed by atoms with Crippen molar-refractivity contribution >= 4 is 5.97 Å². The molecule has 0 aromatic rings. The van der Waals surface area contributed by atoms with Gasteiger partial charge in [0.05, 0.1) is 12.9 Å². The number of rotatable bonds is 2. The summed E-state index contributed by atoms with van der Waals surface area (Å²) in [5.74, 6) is 0.579. The van der Waals surface area contributed by atoms with E-state index in [2.05, 4.69) is 24.7 Å². The van der Waals surface area contributed by atoms with Crippen molar-refractivity contribution in [2.45, 2.75) is 39.7 Å². The lowest BCUT2D eigenvalue weighted by Crippen LogP contribution is -2.29. The summed E-state index contributed by atoms with van der Waals surface area (Å²) in [6.07, 6.45) is 7.29. The van der Waals surface area contributed by atoms with Crippen LogP contribution in [0.15, 0.2) is 24.0 Å². The van der Waals surface area contributed by atoms with E-state index in [4.69, 9.17) is 4.74 Å². The van der Waals surface area contributed by atoms with Crippen molar-refractivity contribution in [1.82, 2.24) is 0 Å². The zero-order valence-corrected chi connectivity index (χ0v) is 10.4. The number of hydrogen-bond acceptors (Lipinski definition) is 3. The molecule has 0 radical (unpaired) electrons. The molecule has 90 valence electrons. The van der Waals surface area contributed by atoms with Gasteiger partial charge >= 0.3 is 5.97 Å². The van der Waals surface area contributed by atoms with E-state index < -0.39 is 0 Å². The largest absolute Gasteiger partial charge is 0.491 e. The molecule has 0 N–H and O–H groups in total. The molecule has 0 bridgehead atoms. The van der Waals surface area contributed by atoms with Crippen LogP contribution in [0.25, 0.3) is 0 Å². The van der Waals surface area contributed by atoms with Crippen molar-refractivity contribution in [2.24, 2.45) is 5.41 Å². The Bertz CT molecular complexity index is 313. The zero-order chi connectivity index (χ0) is 12.2. The Balaban J connectivity index is 2.77. The smallest absolute Gasteiger partial charge is 0.330 e. The van der Waals surface area contributed by atoms with Gasteiger partial charge < -0.3 is 9.47 Å². The lowest BCUT2D eigenvalue weighted by atomic mass is 9.82. The van der Waals surface area contributed by atoms with Crippen LogP contribution < -0.4 is 0 Å². The van der Waals surface area contributed by atoms with Gasteiger partial charge in [-0.1, -0.05) is 13.8 Å². The fraction of sp³-hybridized carbons (Fsp3) is 0.615. The lowest BCUT2D eigenvalue weighted by molar-refractivity contribution is -0.134. The minimum absolute atomic E-state index is 0.0266. The third kappa shape index (κ3) is 3.40. The number of esters is 1. The first-order chi connectivity index (χ1) is 7.45. The Morgan fingerprint density at radius 1 is 1.62 bits per heavy atom. The molecule has 0 aromatic heterocycles. The molecule has 0 amide bonds. The summed E-state index contributed by atoms with van der Waals surface area (Å²) in [6, 6.07) is 0. The van der Waals surface area contributed by atoms with Gasteiger partial charge in [-0.2, -0.15) is 0 Å². The highest BCUT2D eigenvalue weighted by molar-refractivity contribution is 5.81. The molecule has 0 saturated carbocycles. The first-order valence-electron chi connectivity index (χ1n) is 5.55. The Morgan fingerprint density at radius 2 is 2.31 bits per heavy atom. The number of carbonyl (C=O) groups is 1. The highest BCUT2D eigenvalue weighted by atomic mass is 16.5. The second-order valence-electron chi connectivity index (χ2n) is 4.76. The average molecular weight is 224 g/mol. The average Bonchev–Trinajstić information content (AvgIpc) is 2.34. The topological polar surface area (TPSA) is 35.5 Å². The Kier molecular flexibility index (Phi) is 4.16. The van der Waals surface area contributed by atoms with Crippen LogP contribution in [0.3, 0.4) is 0 Å². The van der Waals surface area contributed by atoms with E-state index in [1.807, 2.05) is 6.92 Å². The summed E-state index contributed by atoms with van der Waals surface area (Å²) in [5, 5.41) is 0. The van der Waals surface area contributed by atoms with Crippen LogP contribution in [0.4, 0.5) is 0 Å². The molecule has 0 spiro atoms. The van der Waals surface area contributed by atoms with Crippen LogP contribution in [0, 0.1) is 5.41 Å². The highest BCUT2D eigenvalue weighted by Crippen LogP contribution is 2.34. The third-order valence-corrected chi connectivity index (χ3v) is 2.91. The Labute approximate surface area is 97.1 Å². The first-order valence-corrected chi connectivity index (χ1v) is 5.55. The van der Waals surface area contributed by atoms with Gasteiger partial charge in [0.15, 0.2) is 0 Å². The summed E-state index contributed by atoms with van der Waals surface area (Å²) < 4.78 is 10.4. The molecule has 1 rings (SSSR count). The van der Waals surface area contributed by atoms with Gasteiger partial charge in [-0.25, -0.2) is 4.79 Å². The van der Waals surface area contributed by atoms with Gasteiger partial charge in [-0.3, -0.25) is 0 Å². The molecule has 1 unspecified atom stereocenters. The molecule has 3 nitrogen and oxygen atoms in total. The lowest BCUT2D eigenvalue weighted by Gasteiger charge is -2.30. The molecule has 16 heavy (non-hydrogen) atoms. The van der Waals surface area contributed by atoms with E-state index in [-0.39, 0.29) is 17.5 Å². The molecule has 1 heterocycles. The minimum Gasteiger partial charge on any atom is -0.491 e. The second-order valence-corrected chi connectivity index (χ2v) is 4.76. The molecule has 0 fully saturated rings. The Hall–Kier alpha value is -1.25. The molecule has 0 aromatic carbocycles. The molecule has 1 atom stereocenters. The maximum atomic E-state index is 11.1. The molecule has 0 saturated heterocycles. The highest BCUT2D eigenvalue weighted by Gasteiger charge is 2.30. The molecule has 3 heteroatoms. The van der Waals surface area contributed by atoms with E-state index in [1.54, 1.807) is 6.08 Å². The van der Waals surface area contributed by atoms with Crippen LogP contribution in [0.1, 0.15) is 33.6 Å². The van der Waals surface area contributed by atoms with E-state index in [0.717, 1.165) is 18.6 Å². The fourth-order valence-corrected chi connectivity index (χ4v) is 1.73. The predicted octanol–water partition coefficient (Wildman–Crippen LogP) is 2.82. The van der Waals surface area contributed by atoms with Gasteiger partial charge in [0.2, 0.25) is 0 Å². The van der Waals surface area contributed by atoms with Gasteiger partial charge in [-0.05, 0) is 31.9 Å². The van der Waals surface area contributed by atoms with Crippen LogP contribution in [0.5, 0.6) is 0 Å². The van der Waals surface area contributed by atoms with E-state index in [9.17, 15) is 4.79 Å².